The van der Waals surface area contributed by atoms with Gasteiger partial charge < -0.3 is 5.32 Å². The molecule has 0 heterocycles. The monoisotopic (exact) mass is 326 g/mol. The smallest absolute Gasteiger partial charge is 0.147 e. The molecule has 2 rings (SSSR count). The molecule has 0 unspecified atom stereocenters. The number of rotatable bonds is 2. The lowest BCUT2D eigenvalue weighted by Gasteiger charge is -2.10. The van der Waals surface area contributed by atoms with Crippen molar-refractivity contribution >= 4 is 27.3 Å². The van der Waals surface area contributed by atoms with Gasteiger partial charge in [-0.1, -0.05) is 6.07 Å². The highest BCUT2D eigenvalue weighted by atomic mass is 79.9. The Labute approximate surface area is 115 Å². The number of anilines is 2. The van der Waals surface area contributed by atoms with Gasteiger partial charge in [-0.05, 0) is 34.1 Å². The van der Waals surface area contributed by atoms with Crippen molar-refractivity contribution in [2.75, 3.05) is 5.32 Å². The number of nitrogens with zero attached hydrogens (tertiary/aromatic N) is 1. The number of hydrogen-bond donors (Lipinski definition) is 1. The number of nitriles is 1. The van der Waals surface area contributed by atoms with Gasteiger partial charge in [-0.25, -0.2) is 13.2 Å². The third-order valence-corrected chi connectivity index (χ3v) is 3.01. The van der Waals surface area contributed by atoms with Crippen molar-refractivity contribution in [1.82, 2.24) is 0 Å². The number of halogens is 4. The van der Waals surface area contributed by atoms with Gasteiger partial charge >= 0.3 is 0 Å². The fourth-order valence-corrected chi connectivity index (χ4v) is 1.82. The van der Waals surface area contributed by atoms with Crippen molar-refractivity contribution in [3.8, 4) is 6.07 Å². The maximum Gasteiger partial charge on any atom is 0.147 e. The molecule has 0 bridgehead atoms. The van der Waals surface area contributed by atoms with Gasteiger partial charge in [-0.15, -0.1) is 0 Å². The fraction of sp³-hybridized carbons (Fsp3) is 0. The molecule has 19 heavy (non-hydrogen) atoms. The van der Waals surface area contributed by atoms with Gasteiger partial charge in [0, 0.05) is 6.07 Å². The summed E-state index contributed by atoms with van der Waals surface area (Å²) in [6.45, 7) is 0. The van der Waals surface area contributed by atoms with Crippen LogP contribution in [0.25, 0.3) is 0 Å². The van der Waals surface area contributed by atoms with E-state index in [0.29, 0.717) is 0 Å². The molecular formula is C13H6BrF3N2. The normalized spacial score (nSPS) is 10.1. The van der Waals surface area contributed by atoms with E-state index < -0.39 is 17.5 Å². The van der Waals surface area contributed by atoms with Crippen LogP contribution in [0.2, 0.25) is 0 Å². The minimum Gasteiger partial charge on any atom is -0.352 e. The van der Waals surface area contributed by atoms with Gasteiger partial charge in [0.2, 0.25) is 0 Å². The topological polar surface area (TPSA) is 35.8 Å². The molecule has 0 saturated carbocycles. The highest BCUT2D eigenvalue weighted by molar-refractivity contribution is 9.10. The van der Waals surface area contributed by atoms with Crippen LogP contribution in [0.5, 0.6) is 0 Å². The van der Waals surface area contributed by atoms with Crippen molar-refractivity contribution in [2.45, 2.75) is 0 Å². The first kappa shape index (κ1) is 13.4. The first-order valence-corrected chi connectivity index (χ1v) is 5.92. The summed E-state index contributed by atoms with van der Waals surface area (Å²) >= 11 is 2.85. The van der Waals surface area contributed by atoms with Gasteiger partial charge in [0.15, 0.2) is 0 Å². The van der Waals surface area contributed by atoms with Crippen LogP contribution < -0.4 is 5.32 Å². The highest BCUT2D eigenvalue weighted by Crippen LogP contribution is 2.28. The Morgan fingerprint density at radius 2 is 1.74 bits per heavy atom. The van der Waals surface area contributed by atoms with Crippen molar-refractivity contribution < 1.29 is 13.2 Å². The van der Waals surface area contributed by atoms with E-state index in [1.807, 2.05) is 0 Å². The Bertz CT molecular complexity index is 680. The molecule has 96 valence electrons. The minimum absolute atomic E-state index is 0.0182. The quantitative estimate of drug-likeness (QED) is 0.826. The van der Waals surface area contributed by atoms with Crippen LogP contribution in [0.1, 0.15) is 5.56 Å². The van der Waals surface area contributed by atoms with Gasteiger partial charge in [0.05, 0.1) is 15.8 Å². The molecule has 0 fully saturated rings. The predicted molar refractivity (Wildman–Crippen MR) is 68.5 cm³/mol. The lowest BCUT2D eigenvalue weighted by atomic mass is 10.1. The van der Waals surface area contributed by atoms with Crippen LogP contribution in [0.15, 0.2) is 34.8 Å². The summed E-state index contributed by atoms with van der Waals surface area (Å²) in [6.07, 6.45) is 0. The van der Waals surface area contributed by atoms with E-state index in [2.05, 4.69) is 21.2 Å². The van der Waals surface area contributed by atoms with E-state index in [1.165, 1.54) is 12.1 Å². The maximum atomic E-state index is 13.6. The van der Waals surface area contributed by atoms with Gasteiger partial charge in [0.25, 0.3) is 0 Å². The largest absolute Gasteiger partial charge is 0.352 e. The molecule has 0 saturated heterocycles. The van der Waals surface area contributed by atoms with Crippen molar-refractivity contribution in [2.24, 2.45) is 0 Å². The molecule has 0 radical (unpaired) electrons. The minimum atomic E-state index is -0.731. The third-order valence-electron chi connectivity index (χ3n) is 2.40. The first-order chi connectivity index (χ1) is 9.02. The summed E-state index contributed by atoms with van der Waals surface area (Å²) in [5.74, 6) is -2.12. The molecule has 0 amide bonds. The maximum absolute atomic E-state index is 13.6. The molecule has 0 aromatic heterocycles. The average Bonchev–Trinajstić information content (AvgIpc) is 2.36. The molecule has 0 aliphatic rings. The van der Waals surface area contributed by atoms with Crippen LogP contribution in [-0.2, 0) is 0 Å². The summed E-state index contributed by atoms with van der Waals surface area (Å²) in [5.41, 5.74) is -0.365. The lowest BCUT2D eigenvalue weighted by Crippen LogP contribution is -1.99. The number of hydrogen-bond acceptors (Lipinski definition) is 2. The molecule has 0 aliphatic carbocycles. The van der Waals surface area contributed by atoms with E-state index in [1.54, 1.807) is 6.07 Å². The van der Waals surface area contributed by atoms with Crippen molar-refractivity contribution in [3.63, 3.8) is 0 Å². The summed E-state index contributed by atoms with van der Waals surface area (Å²) < 4.78 is 40.3. The Hall–Kier alpha value is -2.00. The SMILES string of the molecule is N#Cc1c(F)cccc1Nc1cc(F)c(Br)cc1F. The second kappa shape index (κ2) is 5.33. The Morgan fingerprint density at radius 1 is 1.00 bits per heavy atom. The first-order valence-electron chi connectivity index (χ1n) is 5.13. The van der Waals surface area contributed by atoms with Crippen LogP contribution in [0.4, 0.5) is 24.5 Å². The zero-order valence-corrected chi connectivity index (χ0v) is 10.9. The number of nitrogens with one attached hydrogen (secondary N) is 1. The highest BCUT2D eigenvalue weighted by Gasteiger charge is 2.12. The van der Waals surface area contributed by atoms with Crippen LogP contribution in [0.3, 0.4) is 0 Å². The molecule has 6 heteroatoms. The predicted octanol–water partition coefficient (Wildman–Crippen LogP) is 4.48. The second-order valence-electron chi connectivity index (χ2n) is 3.65. The van der Waals surface area contributed by atoms with Gasteiger partial charge in [0.1, 0.15) is 29.1 Å². The molecule has 0 spiro atoms. The zero-order valence-electron chi connectivity index (χ0n) is 9.35. The van der Waals surface area contributed by atoms with Crippen LogP contribution in [-0.4, -0.2) is 0 Å². The van der Waals surface area contributed by atoms with Gasteiger partial charge in [-0.3, -0.25) is 0 Å². The molecule has 2 aromatic carbocycles. The Kier molecular flexibility index (Phi) is 3.76. The fourth-order valence-electron chi connectivity index (χ4n) is 1.51. The molecule has 0 aliphatic heterocycles. The molecular weight excluding hydrogens is 321 g/mol. The van der Waals surface area contributed by atoms with Crippen molar-refractivity contribution in [3.05, 3.63) is 57.8 Å². The number of benzene rings is 2. The van der Waals surface area contributed by atoms with Crippen molar-refractivity contribution in [1.29, 1.82) is 5.26 Å². The van der Waals surface area contributed by atoms with Crippen LogP contribution >= 0.6 is 15.9 Å². The summed E-state index contributed by atoms with van der Waals surface area (Å²) in [7, 11) is 0. The zero-order chi connectivity index (χ0) is 14.0. The van der Waals surface area contributed by atoms with E-state index in [9.17, 15) is 13.2 Å². The molecule has 1 N–H and O–H groups in total. The summed E-state index contributed by atoms with van der Waals surface area (Å²) in [6, 6.07) is 7.42. The third kappa shape index (κ3) is 2.71. The summed E-state index contributed by atoms with van der Waals surface area (Å²) in [5, 5.41) is 11.3. The molecule has 2 aromatic rings. The van der Waals surface area contributed by atoms with Gasteiger partial charge in [-0.2, -0.15) is 5.26 Å². The van der Waals surface area contributed by atoms with E-state index in [0.717, 1.165) is 18.2 Å². The van der Waals surface area contributed by atoms with E-state index in [-0.39, 0.29) is 21.4 Å². The van der Waals surface area contributed by atoms with E-state index >= 15 is 0 Å². The standard InChI is InChI=1S/C13H6BrF3N2/c14-8-4-11(17)13(5-10(8)16)19-12-3-1-2-9(15)7(12)6-18/h1-5,19H. The van der Waals surface area contributed by atoms with Crippen LogP contribution in [0, 0.1) is 28.8 Å². The second-order valence-corrected chi connectivity index (χ2v) is 4.50. The summed E-state index contributed by atoms with van der Waals surface area (Å²) in [4.78, 5) is 0. The average molecular weight is 327 g/mol. The van der Waals surface area contributed by atoms with E-state index in [4.69, 9.17) is 5.26 Å². The Morgan fingerprint density at radius 3 is 2.42 bits per heavy atom. The molecule has 0 atom stereocenters. The molecule has 2 nitrogen and oxygen atoms in total. The lowest BCUT2D eigenvalue weighted by molar-refractivity contribution is 0.597. The Balaban J connectivity index is 2.45.